The summed E-state index contributed by atoms with van der Waals surface area (Å²) in [6.45, 7) is 0. The number of carbonyl (C=O) groups excluding carboxylic acids is 2. The van der Waals surface area contributed by atoms with Crippen LogP contribution < -0.4 is 10.6 Å². The average molecular weight is 305 g/mol. The van der Waals surface area contributed by atoms with Crippen LogP contribution in [-0.2, 0) is 4.74 Å². The second-order valence-electron chi connectivity index (χ2n) is 4.05. The topological polar surface area (TPSA) is 124 Å². The highest BCUT2D eigenvalue weighted by atomic mass is 16.6. The normalized spacial score (nSPS) is 9.86. The third-order valence-electron chi connectivity index (χ3n) is 2.55. The Bertz CT molecular complexity index is 724. The van der Waals surface area contributed by atoms with Crippen LogP contribution in [0, 0.1) is 10.1 Å². The highest BCUT2D eigenvalue weighted by Gasteiger charge is 2.17. The molecular formula is C13H11N3O6. The molecule has 1 heterocycles. The minimum atomic E-state index is -0.738. The van der Waals surface area contributed by atoms with Crippen molar-refractivity contribution in [3.63, 3.8) is 0 Å². The lowest BCUT2D eigenvalue weighted by molar-refractivity contribution is -0.402. The molecule has 0 radical (unpaired) electrons. The molecule has 2 aromatic rings. The predicted molar refractivity (Wildman–Crippen MR) is 75.8 cm³/mol. The average Bonchev–Trinajstić information content (AvgIpc) is 2.97. The Morgan fingerprint density at radius 2 is 1.86 bits per heavy atom. The van der Waals surface area contributed by atoms with Gasteiger partial charge in [0.25, 0.3) is 5.91 Å². The molecule has 0 unspecified atom stereocenters. The number of hydrogen-bond donors (Lipinski definition) is 2. The van der Waals surface area contributed by atoms with Gasteiger partial charge in [-0.15, -0.1) is 0 Å². The number of nitrogens with zero attached hydrogens (tertiary/aromatic N) is 1. The summed E-state index contributed by atoms with van der Waals surface area (Å²) in [5.74, 6) is -1.37. The molecule has 22 heavy (non-hydrogen) atoms. The number of nitro groups is 1. The van der Waals surface area contributed by atoms with Gasteiger partial charge in [-0.1, -0.05) is 6.07 Å². The standard InChI is InChI=1S/C13H11N3O6/c1-21-13(18)15-9-4-2-3-8(7-9)14-12(17)10-5-6-11(22-10)16(19)20/h2-7H,1H3,(H,14,17)(H,15,18). The van der Waals surface area contributed by atoms with Crippen LogP contribution >= 0.6 is 0 Å². The van der Waals surface area contributed by atoms with Gasteiger partial charge < -0.3 is 14.5 Å². The Kier molecular flexibility index (Phi) is 4.37. The second-order valence-corrected chi connectivity index (χ2v) is 4.05. The Balaban J connectivity index is 2.09. The predicted octanol–water partition coefficient (Wildman–Crippen LogP) is 2.62. The zero-order valence-electron chi connectivity index (χ0n) is 11.4. The van der Waals surface area contributed by atoms with Crippen molar-refractivity contribution in [2.75, 3.05) is 17.7 Å². The first-order valence-electron chi connectivity index (χ1n) is 6.00. The molecule has 1 aromatic heterocycles. The molecule has 9 nitrogen and oxygen atoms in total. The Hall–Kier alpha value is -3.36. The van der Waals surface area contributed by atoms with Crippen LogP contribution in [0.3, 0.4) is 0 Å². The number of carbonyl (C=O) groups is 2. The largest absolute Gasteiger partial charge is 0.453 e. The van der Waals surface area contributed by atoms with E-state index in [9.17, 15) is 19.7 Å². The fourth-order valence-electron chi connectivity index (χ4n) is 1.58. The van der Waals surface area contributed by atoms with Crippen LogP contribution in [0.4, 0.5) is 22.1 Å². The molecule has 0 bridgehead atoms. The van der Waals surface area contributed by atoms with E-state index in [0.29, 0.717) is 11.4 Å². The lowest BCUT2D eigenvalue weighted by Gasteiger charge is -2.07. The van der Waals surface area contributed by atoms with E-state index in [2.05, 4.69) is 15.4 Å². The van der Waals surface area contributed by atoms with Gasteiger partial charge in [-0.25, -0.2) is 4.79 Å². The van der Waals surface area contributed by atoms with Gasteiger partial charge in [0.05, 0.1) is 13.2 Å². The number of anilines is 2. The van der Waals surface area contributed by atoms with Gasteiger partial charge in [0.2, 0.25) is 0 Å². The van der Waals surface area contributed by atoms with Gasteiger partial charge in [-0.3, -0.25) is 20.2 Å². The summed E-state index contributed by atoms with van der Waals surface area (Å²) in [4.78, 5) is 32.8. The van der Waals surface area contributed by atoms with Crippen molar-refractivity contribution in [3.05, 3.63) is 52.3 Å². The quantitative estimate of drug-likeness (QED) is 0.661. The zero-order valence-corrected chi connectivity index (χ0v) is 11.4. The van der Waals surface area contributed by atoms with E-state index in [1.54, 1.807) is 18.2 Å². The Labute approximate surface area is 124 Å². The van der Waals surface area contributed by atoms with E-state index in [-0.39, 0.29) is 5.76 Å². The van der Waals surface area contributed by atoms with Crippen molar-refractivity contribution >= 4 is 29.3 Å². The highest BCUT2D eigenvalue weighted by molar-refractivity contribution is 6.02. The summed E-state index contributed by atoms with van der Waals surface area (Å²) < 4.78 is 9.24. The van der Waals surface area contributed by atoms with Crippen LogP contribution in [0.5, 0.6) is 0 Å². The molecule has 114 valence electrons. The van der Waals surface area contributed by atoms with Crippen molar-refractivity contribution < 1.29 is 23.7 Å². The number of amides is 2. The van der Waals surface area contributed by atoms with E-state index < -0.39 is 22.8 Å². The lowest BCUT2D eigenvalue weighted by Crippen LogP contribution is -2.13. The summed E-state index contributed by atoms with van der Waals surface area (Å²) in [7, 11) is 1.23. The van der Waals surface area contributed by atoms with E-state index >= 15 is 0 Å². The summed E-state index contributed by atoms with van der Waals surface area (Å²) in [5.41, 5.74) is 0.785. The molecule has 1 aromatic carbocycles. The van der Waals surface area contributed by atoms with Crippen LogP contribution in [0.2, 0.25) is 0 Å². The summed E-state index contributed by atoms with van der Waals surface area (Å²) in [6, 6.07) is 8.56. The van der Waals surface area contributed by atoms with Gasteiger partial charge >= 0.3 is 12.0 Å². The molecule has 0 aliphatic carbocycles. The summed E-state index contributed by atoms with van der Waals surface area (Å²) in [6.07, 6.45) is -0.648. The smallest absolute Gasteiger partial charge is 0.433 e. The van der Waals surface area contributed by atoms with Crippen molar-refractivity contribution in [2.45, 2.75) is 0 Å². The SMILES string of the molecule is COC(=O)Nc1cccc(NC(=O)c2ccc([N+](=O)[O-])o2)c1. The number of hydrogen-bond acceptors (Lipinski definition) is 6. The van der Waals surface area contributed by atoms with Crippen molar-refractivity contribution in [1.29, 1.82) is 0 Å². The van der Waals surface area contributed by atoms with E-state index in [1.165, 1.54) is 19.2 Å². The highest BCUT2D eigenvalue weighted by Crippen LogP contribution is 2.19. The number of methoxy groups -OCH3 is 1. The first-order valence-corrected chi connectivity index (χ1v) is 6.00. The first-order chi connectivity index (χ1) is 10.5. The zero-order chi connectivity index (χ0) is 16.1. The van der Waals surface area contributed by atoms with Crippen molar-refractivity contribution in [3.8, 4) is 0 Å². The molecular weight excluding hydrogens is 294 g/mol. The third kappa shape index (κ3) is 3.60. The summed E-state index contributed by atoms with van der Waals surface area (Å²) in [5, 5.41) is 15.4. The molecule has 0 saturated heterocycles. The maximum Gasteiger partial charge on any atom is 0.433 e. The lowest BCUT2D eigenvalue weighted by atomic mass is 10.2. The van der Waals surface area contributed by atoms with Gasteiger partial charge in [0.15, 0.2) is 5.76 Å². The fraction of sp³-hybridized carbons (Fsp3) is 0.0769. The minimum absolute atomic E-state index is 0.196. The maximum absolute atomic E-state index is 11.9. The molecule has 0 atom stereocenters. The Morgan fingerprint density at radius 1 is 1.18 bits per heavy atom. The summed E-state index contributed by atoms with van der Waals surface area (Å²) >= 11 is 0. The number of furan rings is 1. The van der Waals surface area contributed by atoms with Crippen LogP contribution in [0.25, 0.3) is 0 Å². The number of benzene rings is 1. The fourth-order valence-corrected chi connectivity index (χ4v) is 1.58. The number of ether oxygens (including phenoxy) is 1. The van der Waals surface area contributed by atoms with E-state index in [4.69, 9.17) is 4.42 Å². The molecule has 0 fully saturated rings. The van der Waals surface area contributed by atoms with E-state index in [1.807, 2.05) is 0 Å². The van der Waals surface area contributed by atoms with Gasteiger partial charge in [0, 0.05) is 11.4 Å². The van der Waals surface area contributed by atoms with Crippen molar-refractivity contribution in [1.82, 2.24) is 0 Å². The maximum atomic E-state index is 11.9. The van der Waals surface area contributed by atoms with Crippen molar-refractivity contribution in [2.24, 2.45) is 0 Å². The van der Waals surface area contributed by atoms with Crippen LogP contribution in [0.15, 0.2) is 40.8 Å². The van der Waals surface area contributed by atoms with Gasteiger partial charge in [0.1, 0.15) is 4.92 Å². The molecule has 2 amide bonds. The van der Waals surface area contributed by atoms with Crippen LogP contribution in [0.1, 0.15) is 10.6 Å². The van der Waals surface area contributed by atoms with Gasteiger partial charge in [-0.05, 0) is 24.3 Å². The van der Waals surface area contributed by atoms with Gasteiger partial charge in [-0.2, -0.15) is 0 Å². The molecule has 2 N–H and O–H groups in total. The molecule has 2 rings (SSSR count). The number of nitrogens with one attached hydrogen (secondary N) is 2. The van der Waals surface area contributed by atoms with Crippen LogP contribution in [-0.4, -0.2) is 24.0 Å². The second kappa shape index (κ2) is 6.39. The molecule has 0 spiro atoms. The molecule has 0 aliphatic heterocycles. The third-order valence-corrected chi connectivity index (χ3v) is 2.55. The first kappa shape index (κ1) is 15.0. The van der Waals surface area contributed by atoms with E-state index in [0.717, 1.165) is 6.07 Å². The molecule has 0 aliphatic rings. The molecule has 9 heteroatoms. The molecule has 0 saturated carbocycles. The minimum Gasteiger partial charge on any atom is -0.453 e. The Morgan fingerprint density at radius 3 is 2.45 bits per heavy atom. The number of rotatable bonds is 4. The monoisotopic (exact) mass is 305 g/mol.